The molecule has 2 rings (SSSR count). The molecule has 0 N–H and O–H groups in total. The van der Waals surface area contributed by atoms with Crippen molar-refractivity contribution in [2.24, 2.45) is 0 Å². The lowest BCUT2D eigenvalue weighted by Crippen LogP contribution is -2.12. The van der Waals surface area contributed by atoms with Crippen molar-refractivity contribution in [2.75, 3.05) is 6.61 Å². The Labute approximate surface area is 108 Å². The number of imidazole rings is 1. The smallest absolute Gasteiger partial charge is 0.374 e. The number of nitrogens with zero attached hydrogens (tertiary/aromatic N) is 2. The molecule has 0 radical (unpaired) electrons. The quantitative estimate of drug-likeness (QED) is 0.818. The molecule has 0 saturated heterocycles. The minimum absolute atomic E-state index is 0.357. The lowest BCUT2D eigenvalue weighted by atomic mass is 10.3. The van der Waals surface area contributed by atoms with Crippen molar-refractivity contribution in [3.05, 3.63) is 28.5 Å². The van der Waals surface area contributed by atoms with Gasteiger partial charge in [-0.25, -0.2) is 9.78 Å². The van der Waals surface area contributed by atoms with Gasteiger partial charge in [0.25, 0.3) is 0 Å². The highest BCUT2D eigenvalue weighted by Crippen LogP contribution is 2.21. The van der Waals surface area contributed by atoms with Crippen LogP contribution in [0, 0.1) is 0 Å². The molecule has 90 valence electrons. The van der Waals surface area contributed by atoms with Gasteiger partial charge < -0.3 is 9.30 Å². The molecule has 1 heterocycles. The predicted molar refractivity (Wildman–Crippen MR) is 69.1 cm³/mol. The molecule has 0 fully saturated rings. The molecule has 17 heavy (non-hydrogen) atoms. The Hall–Kier alpha value is -1.36. The summed E-state index contributed by atoms with van der Waals surface area (Å²) < 4.78 is 7.80. The van der Waals surface area contributed by atoms with Gasteiger partial charge in [-0.05, 0) is 32.0 Å². The number of aryl methyl sites for hydroxylation is 1. The Morgan fingerprint density at radius 3 is 2.88 bits per heavy atom. The van der Waals surface area contributed by atoms with Crippen LogP contribution >= 0.6 is 15.9 Å². The van der Waals surface area contributed by atoms with E-state index in [-0.39, 0.29) is 5.97 Å². The van der Waals surface area contributed by atoms with Crippen LogP contribution in [0.4, 0.5) is 0 Å². The SMILES string of the molecule is CCOC(=O)c1nc2cc(Br)ccc2n1CC. The Morgan fingerprint density at radius 1 is 1.47 bits per heavy atom. The van der Waals surface area contributed by atoms with Crippen LogP contribution in [0.25, 0.3) is 11.0 Å². The van der Waals surface area contributed by atoms with Gasteiger partial charge in [-0.15, -0.1) is 0 Å². The van der Waals surface area contributed by atoms with E-state index in [1.54, 1.807) is 6.92 Å². The lowest BCUT2D eigenvalue weighted by molar-refractivity contribution is 0.0507. The minimum atomic E-state index is -0.373. The van der Waals surface area contributed by atoms with Gasteiger partial charge in [0.2, 0.25) is 5.82 Å². The first-order valence-corrected chi connectivity index (χ1v) is 6.29. The molecule has 0 aliphatic carbocycles. The first kappa shape index (κ1) is 12.1. The number of hydrogen-bond acceptors (Lipinski definition) is 3. The number of hydrogen-bond donors (Lipinski definition) is 0. The molecule has 5 heteroatoms. The molecule has 0 aliphatic rings. The summed E-state index contributed by atoms with van der Waals surface area (Å²) in [5, 5.41) is 0. The third-order valence-electron chi connectivity index (χ3n) is 2.48. The summed E-state index contributed by atoms with van der Waals surface area (Å²) in [6.07, 6.45) is 0. The number of benzene rings is 1. The zero-order chi connectivity index (χ0) is 12.4. The highest BCUT2D eigenvalue weighted by Gasteiger charge is 2.17. The number of rotatable bonds is 3. The monoisotopic (exact) mass is 296 g/mol. The van der Waals surface area contributed by atoms with Crippen LogP contribution in [0.1, 0.15) is 24.5 Å². The second-order valence-electron chi connectivity index (χ2n) is 3.53. The highest BCUT2D eigenvalue weighted by molar-refractivity contribution is 9.10. The number of fused-ring (bicyclic) bond motifs is 1. The normalized spacial score (nSPS) is 10.8. The molecule has 4 nitrogen and oxygen atoms in total. The highest BCUT2D eigenvalue weighted by atomic mass is 79.9. The number of halogens is 1. The Bertz CT molecular complexity index is 563. The second-order valence-corrected chi connectivity index (χ2v) is 4.45. The summed E-state index contributed by atoms with van der Waals surface area (Å²) in [4.78, 5) is 16.1. The molecule has 0 unspecified atom stereocenters. The molecule has 2 aromatic rings. The summed E-state index contributed by atoms with van der Waals surface area (Å²) in [5.74, 6) is -0.0101. The fourth-order valence-electron chi connectivity index (χ4n) is 1.77. The van der Waals surface area contributed by atoms with Gasteiger partial charge in [-0.2, -0.15) is 0 Å². The van der Waals surface area contributed by atoms with Crippen LogP contribution < -0.4 is 0 Å². The average Bonchev–Trinajstić information content (AvgIpc) is 2.66. The maximum atomic E-state index is 11.8. The molecule has 1 aromatic carbocycles. The van der Waals surface area contributed by atoms with Gasteiger partial charge in [0.05, 0.1) is 17.6 Å². The van der Waals surface area contributed by atoms with Gasteiger partial charge in [0, 0.05) is 11.0 Å². The molecule has 0 amide bonds. The van der Waals surface area contributed by atoms with Crippen molar-refractivity contribution >= 4 is 32.9 Å². The number of ether oxygens (including phenoxy) is 1. The fourth-order valence-corrected chi connectivity index (χ4v) is 2.12. The molecule has 0 bridgehead atoms. The van der Waals surface area contributed by atoms with Crippen LogP contribution in [-0.2, 0) is 11.3 Å². The van der Waals surface area contributed by atoms with E-state index in [9.17, 15) is 4.79 Å². The van der Waals surface area contributed by atoms with Gasteiger partial charge in [-0.1, -0.05) is 15.9 Å². The van der Waals surface area contributed by atoms with Crippen molar-refractivity contribution in [3.63, 3.8) is 0 Å². The van der Waals surface area contributed by atoms with E-state index in [1.807, 2.05) is 29.7 Å². The van der Waals surface area contributed by atoms with Gasteiger partial charge in [0.1, 0.15) is 0 Å². The third kappa shape index (κ3) is 2.20. The number of aromatic nitrogens is 2. The summed E-state index contributed by atoms with van der Waals surface area (Å²) >= 11 is 3.39. The fraction of sp³-hybridized carbons (Fsp3) is 0.333. The van der Waals surface area contributed by atoms with Crippen LogP contribution in [0.15, 0.2) is 22.7 Å². The van der Waals surface area contributed by atoms with E-state index >= 15 is 0 Å². The van der Waals surface area contributed by atoms with Gasteiger partial charge in [0.15, 0.2) is 0 Å². The summed E-state index contributed by atoms with van der Waals surface area (Å²) in [6, 6.07) is 5.77. The first-order valence-electron chi connectivity index (χ1n) is 5.50. The van der Waals surface area contributed by atoms with Gasteiger partial charge >= 0.3 is 5.97 Å². The van der Waals surface area contributed by atoms with Crippen molar-refractivity contribution in [3.8, 4) is 0 Å². The predicted octanol–water partition coefficient (Wildman–Crippen LogP) is 3.00. The zero-order valence-corrected chi connectivity index (χ0v) is 11.3. The largest absolute Gasteiger partial charge is 0.460 e. The molecule has 1 aromatic heterocycles. The molecule has 0 spiro atoms. The average molecular weight is 297 g/mol. The van der Waals surface area contributed by atoms with E-state index in [4.69, 9.17) is 4.74 Å². The number of carbonyl (C=O) groups is 1. The van der Waals surface area contributed by atoms with Gasteiger partial charge in [-0.3, -0.25) is 0 Å². The van der Waals surface area contributed by atoms with E-state index in [1.165, 1.54) is 0 Å². The number of esters is 1. The van der Waals surface area contributed by atoms with Crippen molar-refractivity contribution < 1.29 is 9.53 Å². The maximum Gasteiger partial charge on any atom is 0.374 e. The van der Waals surface area contributed by atoms with Crippen LogP contribution in [0.3, 0.4) is 0 Å². The molecule has 0 saturated carbocycles. The van der Waals surface area contributed by atoms with Crippen molar-refractivity contribution in [2.45, 2.75) is 20.4 Å². The maximum absolute atomic E-state index is 11.8. The third-order valence-corrected chi connectivity index (χ3v) is 2.98. The van der Waals surface area contributed by atoms with Crippen LogP contribution in [0.5, 0.6) is 0 Å². The standard InChI is InChI=1S/C12H13BrN2O2/c1-3-15-10-6-5-8(13)7-9(10)14-11(15)12(16)17-4-2/h5-7H,3-4H2,1-2H3. The van der Waals surface area contributed by atoms with E-state index in [2.05, 4.69) is 20.9 Å². The Kier molecular flexibility index (Phi) is 3.47. The van der Waals surface area contributed by atoms with Crippen molar-refractivity contribution in [1.29, 1.82) is 0 Å². The molecular weight excluding hydrogens is 284 g/mol. The van der Waals surface area contributed by atoms with Crippen molar-refractivity contribution in [1.82, 2.24) is 9.55 Å². The summed E-state index contributed by atoms with van der Waals surface area (Å²) in [5.41, 5.74) is 1.74. The minimum Gasteiger partial charge on any atom is -0.460 e. The first-order chi connectivity index (χ1) is 8.17. The Morgan fingerprint density at radius 2 is 2.24 bits per heavy atom. The number of carbonyl (C=O) groups excluding carboxylic acids is 1. The van der Waals surface area contributed by atoms with E-state index in [0.717, 1.165) is 15.5 Å². The lowest BCUT2D eigenvalue weighted by Gasteiger charge is -2.04. The van der Waals surface area contributed by atoms with E-state index in [0.29, 0.717) is 19.0 Å². The van der Waals surface area contributed by atoms with Crippen LogP contribution in [0.2, 0.25) is 0 Å². The summed E-state index contributed by atoms with van der Waals surface area (Å²) in [7, 11) is 0. The Balaban J connectivity index is 2.59. The zero-order valence-electron chi connectivity index (χ0n) is 9.74. The van der Waals surface area contributed by atoms with E-state index < -0.39 is 0 Å². The summed E-state index contributed by atoms with van der Waals surface area (Å²) in [6.45, 7) is 4.81. The van der Waals surface area contributed by atoms with Crippen LogP contribution in [-0.4, -0.2) is 22.1 Å². The molecule has 0 aliphatic heterocycles. The second kappa shape index (κ2) is 4.87. The molecule has 0 atom stereocenters. The topological polar surface area (TPSA) is 44.1 Å². The molecular formula is C12H13BrN2O2.